The lowest BCUT2D eigenvalue weighted by Crippen LogP contribution is -2.34. The third-order valence-corrected chi connectivity index (χ3v) is 5.55. The van der Waals surface area contributed by atoms with E-state index in [-0.39, 0.29) is 23.0 Å². The van der Waals surface area contributed by atoms with Gasteiger partial charge in [-0.2, -0.15) is 0 Å². The minimum absolute atomic E-state index is 0.0101. The summed E-state index contributed by atoms with van der Waals surface area (Å²) in [6.07, 6.45) is 2.05. The molecule has 6 heteroatoms. The van der Waals surface area contributed by atoms with Crippen LogP contribution >= 0.6 is 0 Å². The van der Waals surface area contributed by atoms with E-state index in [4.69, 9.17) is 4.74 Å². The Labute approximate surface area is 132 Å². The quantitative estimate of drug-likeness (QED) is 0.864. The molecule has 0 aromatic heterocycles. The van der Waals surface area contributed by atoms with E-state index in [0.717, 1.165) is 25.0 Å². The van der Waals surface area contributed by atoms with Gasteiger partial charge in [-0.3, -0.25) is 4.79 Å². The van der Waals surface area contributed by atoms with Gasteiger partial charge in [-0.05, 0) is 37.8 Å². The molecule has 1 aliphatic heterocycles. The van der Waals surface area contributed by atoms with E-state index in [9.17, 15) is 13.2 Å². The fourth-order valence-corrected chi connectivity index (χ4v) is 3.65. The number of carbonyl (C=O) groups is 1. The van der Waals surface area contributed by atoms with Gasteiger partial charge in [-0.25, -0.2) is 8.42 Å². The predicted octanol–water partition coefficient (Wildman–Crippen LogP) is 1.70. The van der Waals surface area contributed by atoms with E-state index in [1.54, 1.807) is 24.3 Å². The molecule has 1 saturated heterocycles. The highest BCUT2D eigenvalue weighted by molar-refractivity contribution is 7.91. The van der Waals surface area contributed by atoms with Gasteiger partial charge < -0.3 is 10.1 Å². The fraction of sp³-hybridized carbons (Fsp3) is 0.562. The van der Waals surface area contributed by atoms with Crippen LogP contribution in [-0.4, -0.2) is 39.8 Å². The van der Waals surface area contributed by atoms with Gasteiger partial charge in [-0.15, -0.1) is 0 Å². The van der Waals surface area contributed by atoms with Crippen LogP contribution < -0.4 is 5.32 Å². The second-order valence-corrected chi connectivity index (χ2v) is 7.88. The lowest BCUT2D eigenvalue weighted by Gasteiger charge is -2.22. The first kappa shape index (κ1) is 17.0. The monoisotopic (exact) mass is 325 g/mol. The van der Waals surface area contributed by atoms with Crippen LogP contribution in [0, 0.1) is 12.8 Å². The van der Waals surface area contributed by atoms with Crippen molar-refractivity contribution in [2.24, 2.45) is 5.92 Å². The number of amides is 1. The Morgan fingerprint density at radius 1 is 1.32 bits per heavy atom. The number of hydrogen-bond acceptors (Lipinski definition) is 4. The van der Waals surface area contributed by atoms with Gasteiger partial charge in [0.2, 0.25) is 5.91 Å². The van der Waals surface area contributed by atoms with Crippen LogP contribution in [0.15, 0.2) is 29.2 Å². The summed E-state index contributed by atoms with van der Waals surface area (Å²) >= 11 is 0. The first-order chi connectivity index (χ1) is 10.5. The highest BCUT2D eigenvalue weighted by Gasteiger charge is 2.18. The van der Waals surface area contributed by atoms with E-state index in [1.807, 2.05) is 6.92 Å². The Hall–Kier alpha value is -1.40. The van der Waals surface area contributed by atoms with Crippen LogP contribution in [0.25, 0.3) is 0 Å². The molecule has 2 rings (SSSR count). The van der Waals surface area contributed by atoms with Crippen LogP contribution in [-0.2, 0) is 19.4 Å². The summed E-state index contributed by atoms with van der Waals surface area (Å²) in [4.78, 5) is 12.1. The van der Waals surface area contributed by atoms with Crippen molar-refractivity contribution in [3.8, 4) is 0 Å². The van der Waals surface area contributed by atoms with Crippen molar-refractivity contribution in [1.29, 1.82) is 0 Å². The molecule has 0 spiro atoms. The van der Waals surface area contributed by atoms with E-state index in [2.05, 4.69) is 5.32 Å². The molecule has 1 N–H and O–H groups in total. The molecule has 1 unspecified atom stereocenters. The van der Waals surface area contributed by atoms with Crippen molar-refractivity contribution >= 4 is 15.7 Å². The van der Waals surface area contributed by atoms with Gasteiger partial charge >= 0.3 is 0 Å². The summed E-state index contributed by atoms with van der Waals surface area (Å²) < 4.78 is 29.7. The topological polar surface area (TPSA) is 72.5 Å². The van der Waals surface area contributed by atoms with Crippen molar-refractivity contribution < 1.29 is 17.9 Å². The highest BCUT2D eigenvalue weighted by atomic mass is 32.2. The molecule has 5 nitrogen and oxygen atoms in total. The molecule has 0 radical (unpaired) electrons. The number of carbonyl (C=O) groups excluding carboxylic acids is 1. The molecule has 122 valence electrons. The number of aryl methyl sites for hydroxylation is 1. The smallest absolute Gasteiger partial charge is 0.221 e. The third kappa shape index (κ3) is 5.10. The van der Waals surface area contributed by atoms with Crippen molar-refractivity contribution in [1.82, 2.24) is 5.32 Å². The van der Waals surface area contributed by atoms with E-state index in [1.165, 1.54) is 0 Å². The van der Waals surface area contributed by atoms with Crippen molar-refractivity contribution in [2.75, 3.05) is 25.5 Å². The normalized spacial score (nSPS) is 18.9. The molecule has 0 saturated carbocycles. The molecule has 1 aromatic rings. The summed E-state index contributed by atoms with van der Waals surface area (Å²) in [6.45, 7) is 3.92. The number of ether oxygens (including phenoxy) is 1. The standard InChI is InChI=1S/C16H23NO4S/c1-13-4-6-15(7-5-13)22(19,20)10-8-16(18)17-11-14-3-2-9-21-12-14/h4-7,14H,2-3,8-12H2,1H3,(H,17,18). The zero-order valence-electron chi connectivity index (χ0n) is 12.9. The lowest BCUT2D eigenvalue weighted by atomic mass is 10.0. The van der Waals surface area contributed by atoms with E-state index >= 15 is 0 Å². The molecule has 1 fully saturated rings. The molecule has 0 aliphatic carbocycles. The Morgan fingerprint density at radius 2 is 2.05 bits per heavy atom. The average molecular weight is 325 g/mol. The van der Waals surface area contributed by atoms with Gasteiger partial charge in [0.15, 0.2) is 9.84 Å². The maximum absolute atomic E-state index is 12.2. The zero-order chi connectivity index (χ0) is 16.0. The summed E-state index contributed by atoms with van der Waals surface area (Å²) in [5, 5.41) is 2.80. The highest BCUT2D eigenvalue weighted by Crippen LogP contribution is 2.14. The molecule has 1 atom stereocenters. The molecule has 1 amide bonds. The SMILES string of the molecule is Cc1ccc(S(=O)(=O)CCC(=O)NCC2CCCOC2)cc1. The number of benzene rings is 1. The molecule has 0 bridgehead atoms. The maximum atomic E-state index is 12.2. The second-order valence-electron chi connectivity index (χ2n) is 5.77. The molecule has 1 aromatic carbocycles. The van der Waals surface area contributed by atoms with Crippen LogP contribution in [0.3, 0.4) is 0 Å². The van der Waals surface area contributed by atoms with E-state index in [0.29, 0.717) is 19.1 Å². The van der Waals surface area contributed by atoms with E-state index < -0.39 is 9.84 Å². The minimum atomic E-state index is -3.40. The molecular formula is C16H23NO4S. The number of nitrogens with one attached hydrogen (secondary N) is 1. The maximum Gasteiger partial charge on any atom is 0.221 e. The van der Waals surface area contributed by atoms with Gasteiger partial charge in [0.1, 0.15) is 0 Å². The molecular weight excluding hydrogens is 302 g/mol. The lowest BCUT2D eigenvalue weighted by molar-refractivity contribution is -0.121. The number of rotatable bonds is 6. The summed E-state index contributed by atoms with van der Waals surface area (Å²) in [7, 11) is -3.40. The Kier molecular flexibility index (Phi) is 5.97. The van der Waals surface area contributed by atoms with Gasteiger partial charge in [0.05, 0.1) is 17.3 Å². The van der Waals surface area contributed by atoms with Crippen LogP contribution in [0.5, 0.6) is 0 Å². The van der Waals surface area contributed by atoms with Gasteiger partial charge in [-0.1, -0.05) is 17.7 Å². The minimum Gasteiger partial charge on any atom is -0.381 e. The predicted molar refractivity (Wildman–Crippen MR) is 84.4 cm³/mol. The zero-order valence-corrected chi connectivity index (χ0v) is 13.7. The third-order valence-electron chi connectivity index (χ3n) is 3.82. The fourth-order valence-electron chi connectivity index (χ4n) is 2.41. The average Bonchev–Trinajstić information content (AvgIpc) is 2.52. The van der Waals surface area contributed by atoms with Crippen LogP contribution in [0.4, 0.5) is 0 Å². The van der Waals surface area contributed by atoms with Crippen molar-refractivity contribution in [3.63, 3.8) is 0 Å². The first-order valence-corrected chi connectivity index (χ1v) is 9.26. The van der Waals surface area contributed by atoms with Crippen LogP contribution in [0.1, 0.15) is 24.8 Å². The summed E-state index contributed by atoms with van der Waals surface area (Å²) in [5.41, 5.74) is 1.01. The van der Waals surface area contributed by atoms with Gasteiger partial charge in [0.25, 0.3) is 0 Å². The van der Waals surface area contributed by atoms with Gasteiger partial charge in [0, 0.05) is 19.6 Å². The number of hydrogen-bond donors (Lipinski definition) is 1. The Balaban J connectivity index is 1.78. The van der Waals surface area contributed by atoms with Crippen molar-refractivity contribution in [2.45, 2.75) is 31.1 Å². The summed E-state index contributed by atoms with van der Waals surface area (Å²) in [6, 6.07) is 6.69. The van der Waals surface area contributed by atoms with Crippen LogP contribution in [0.2, 0.25) is 0 Å². The molecule has 22 heavy (non-hydrogen) atoms. The number of sulfone groups is 1. The second kappa shape index (κ2) is 7.74. The molecule has 1 heterocycles. The largest absolute Gasteiger partial charge is 0.381 e. The first-order valence-electron chi connectivity index (χ1n) is 7.61. The van der Waals surface area contributed by atoms with Crippen molar-refractivity contribution in [3.05, 3.63) is 29.8 Å². The summed E-state index contributed by atoms with van der Waals surface area (Å²) in [5.74, 6) is -0.0454. The molecule has 1 aliphatic rings. The Bertz CT molecular complexity index is 589. The Morgan fingerprint density at radius 3 is 2.68 bits per heavy atom.